The van der Waals surface area contributed by atoms with Gasteiger partial charge in [-0.25, -0.2) is 15.0 Å². The third kappa shape index (κ3) is 6.71. The zero-order valence-corrected chi connectivity index (χ0v) is 25.9. The number of hydrogen-bond donors (Lipinski definition) is 2. The Labute approximate surface area is 266 Å². The van der Waals surface area contributed by atoms with Crippen molar-refractivity contribution in [2.45, 2.75) is 38.6 Å². The number of imidazole rings is 1. The van der Waals surface area contributed by atoms with Crippen LogP contribution in [0.5, 0.6) is 5.75 Å². The van der Waals surface area contributed by atoms with Gasteiger partial charge in [0.25, 0.3) is 5.91 Å². The van der Waals surface area contributed by atoms with Crippen LogP contribution in [-0.4, -0.2) is 75.6 Å². The summed E-state index contributed by atoms with van der Waals surface area (Å²) < 4.78 is 58.2. The highest BCUT2D eigenvalue weighted by Gasteiger charge is 2.35. The van der Waals surface area contributed by atoms with Gasteiger partial charge in [-0.3, -0.25) is 14.0 Å². The minimum absolute atomic E-state index is 0.0918. The molecule has 5 rings (SSSR count). The number of nitrogens with one attached hydrogen (secondary N) is 1. The van der Waals surface area contributed by atoms with Crippen LogP contribution in [0.3, 0.4) is 0 Å². The molecule has 1 aliphatic heterocycles. The first kappa shape index (κ1) is 32.9. The first-order valence-corrected chi connectivity index (χ1v) is 14.6. The molecule has 1 fully saturated rings. The molecule has 0 radical (unpaired) electrons. The molecule has 46 heavy (non-hydrogen) atoms. The maximum absolute atomic E-state index is 13.2. The van der Waals surface area contributed by atoms with Crippen LogP contribution in [0.15, 0.2) is 42.7 Å². The Morgan fingerprint density at radius 2 is 2.00 bits per heavy atom. The number of nitrogens with zero attached hydrogens (tertiary/aromatic N) is 5. The van der Waals surface area contributed by atoms with E-state index in [0.29, 0.717) is 22.6 Å². The Balaban J connectivity index is 1.53. The molecule has 1 saturated heterocycles. The fourth-order valence-corrected chi connectivity index (χ4v) is 5.35. The lowest BCUT2D eigenvalue weighted by Crippen LogP contribution is -2.48. The van der Waals surface area contributed by atoms with Crippen molar-refractivity contribution in [3.05, 3.63) is 64.8 Å². The molecule has 2 amide bonds. The molecule has 244 valence electrons. The molecule has 16 heteroatoms. The van der Waals surface area contributed by atoms with E-state index in [4.69, 9.17) is 36.5 Å². The normalized spacial score (nSPS) is 16.9. The molecule has 2 atom stereocenters. The number of nitrogens with two attached hydrogens (primary N) is 1. The molecular weight excluding hydrogens is 631 g/mol. The fraction of sp³-hybridized carbons (Fsp3) is 0.367. The molecular formula is C30H31ClF3N7O5. The molecule has 3 N–H and O–H groups in total. The highest BCUT2D eigenvalue weighted by molar-refractivity contribution is 6.30. The van der Waals surface area contributed by atoms with Gasteiger partial charge in [0.1, 0.15) is 45.7 Å². The van der Waals surface area contributed by atoms with Gasteiger partial charge in [0.05, 0.1) is 50.6 Å². The summed E-state index contributed by atoms with van der Waals surface area (Å²) in [7, 11) is 1.53. The molecule has 1 aliphatic rings. The average molecular weight is 662 g/mol. The summed E-state index contributed by atoms with van der Waals surface area (Å²) in [6.45, 7) is 4.58. The maximum Gasteiger partial charge on any atom is 0.416 e. The highest BCUT2D eigenvalue weighted by Crippen LogP contribution is 2.39. The lowest BCUT2D eigenvalue weighted by Gasteiger charge is -2.37. The summed E-state index contributed by atoms with van der Waals surface area (Å²) in [4.78, 5) is 40.6. The van der Waals surface area contributed by atoms with Crippen molar-refractivity contribution in [3.8, 4) is 17.0 Å². The number of amides is 2. The van der Waals surface area contributed by atoms with Gasteiger partial charge >= 0.3 is 6.18 Å². The van der Waals surface area contributed by atoms with E-state index in [1.54, 1.807) is 22.3 Å². The number of carbonyl (C=O) groups excluding carboxylic acids is 2. The number of benzene rings is 1. The van der Waals surface area contributed by atoms with Crippen molar-refractivity contribution < 1.29 is 37.0 Å². The van der Waals surface area contributed by atoms with E-state index in [0.717, 1.165) is 18.3 Å². The molecule has 0 saturated carbocycles. The van der Waals surface area contributed by atoms with Gasteiger partial charge in [0, 0.05) is 24.4 Å². The Bertz CT molecular complexity index is 1770. The summed E-state index contributed by atoms with van der Waals surface area (Å²) in [6.07, 6.45) is -2.73. The van der Waals surface area contributed by atoms with Crippen LogP contribution in [0.2, 0.25) is 5.15 Å². The number of ether oxygens (including phenoxy) is 3. The first-order chi connectivity index (χ1) is 21.9. The van der Waals surface area contributed by atoms with Crippen LogP contribution in [0, 0.1) is 0 Å². The number of methoxy groups -OCH3 is 1. The Kier molecular flexibility index (Phi) is 9.65. The molecule has 0 spiro atoms. The number of morpholine rings is 1. The minimum Gasteiger partial charge on any atom is -0.493 e. The number of pyridine rings is 1. The summed E-state index contributed by atoms with van der Waals surface area (Å²) in [6, 6.07) is 5.86. The second-order valence-corrected chi connectivity index (χ2v) is 10.8. The van der Waals surface area contributed by atoms with Crippen molar-refractivity contribution in [2.75, 3.05) is 44.5 Å². The number of nitrogen functional groups attached to an aromatic ring is 1. The van der Waals surface area contributed by atoms with Crippen molar-refractivity contribution in [2.24, 2.45) is 0 Å². The van der Waals surface area contributed by atoms with Gasteiger partial charge in [0.15, 0.2) is 0 Å². The monoisotopic (exact) mass is 661 g/mol. The number of halogens is 4. The number of anilines is 2. The summed E-state index contributed by atoms with van der Waals surface area (Å²) in [5.74, 6) is -0.342. The molecule has 1 aromatic carbocycles. The molecule has 0 unspecified atom stereocenters. The Hall–Kier alpha value is -4.47. The molecule has 0 bridgehead atoms. The summed E-state index contributed by atoms with van der Waals surface area (Å²) in [5.41, 5.74) is 6.61. The van der Waals surface area contributed by atoms with Gasteiger partial charge < -0.3 is 30.2 Å². The van der Waals surface area contributed by atoms with Crippen molar-refractivity contribution in [1.29, 1.82) is 0 Å². The van der Waals surface area contributed by atoms with Crippen LogP contribution in [-0.2, 0) is 20.4 Å². The SMILES string of the molecule is CCOc1cc(C(=O)Nc2cc(C(F)(F)F)ccn2)ccc1-c1nc([C@H]2CN(C(=O)CCOC)[C@@H](C)CO2)n2c(Cl)cnc(N)c12. The van der Waals surface area contributed by atoms with Crippen molar-refractivity contribution in [3.63, 3.8) is 0 Å². The van der Waals surface area contributed by atoms with E-state index in [1.165, 1.54) is 25.4 Å². The van der Waals surface area contributed by atoms with Gasteiger partial charge in [0.2, 0.25) is 5.91 Å². The third-order valence-corrected chi connectivity index (χ3v) is 7.63. The van der Waals surface area contributed by atoms with Gasteiger partial charge in [-0.15, -0.1) is 0 Å². The van der Waals surface area contributed by atoms with E-state index >= 15 is 0 Å². The van der Waals surface area contributed by atoms with Gasteiger partial charge in [-0.05, 0) is 44.2 Å². The van der Waals surface area contributed by atoms with Gasteiger partial charge in [-0.1, -0.05) is 11.6 Å². The lowest BCUT2D eigenvalue weighted by atomic mass is 10.1. The number of aromatic nitrogens is 4. The maximum atomic E-state index is 13.2. The predicted octanol–water partition coefficient (Wildman–Crippen LogP) is 5.02. The number of alkyl halides is 3. The molecule has 0 aliphatic carbocycles. The summed E-state index contributed by atoms with van der Waals surface area (Å²) >= 11 is 6.63. The topological polar surface area (TPSA) is 146 Å². The third-order valence-electron chi connectivity index (χ3n) is 7.36. The molecule has 4 aromatic rings. The van der Waals surface area contributed by atoms with E-state index in [1.807, 2.05) is 6.92 Å². The largest absolute Gasteiger partial charge is 0.493 e. The van der Waals surface area contributed by atoms with Crippen molar-refractivity contribution >= 4 is 40.6 Å². The molecule has 3 aromatic heterocycles. The minimum atomic E-state index is -4.60. The van der Waals surface area contributed by atoms with Crippen molar-refractivity contribution in [1.82, 2.24) is 24.3 Å². The number of fused-ring (bicyclic) bond motifs is 1. The summed E-state index contributed by atoms with van der Waals surface area (Å²) in [5, 5.41) is 2.59. The standard InChI is InChI=1S/C30H31ClF3N7O5/c1-4-45-20-11-17(29(43)38-23-12-18(7-9-36-23)30(32,33)34)5-6-19(20)25-26-27(35)37-13-22(31)41(26)28(39-25)21-14-40(16(2)15-46-21)24(42)8-10-44-3/h5-7,9,11-13,16,21H,4,8,10,14-15H2,1-3H3,(H2,35,37)(H,36,38,43)/t16-,21+/m0/s1. The lowest BCUT2D eigenvalue weighted by molar-refractivity contribution is -0.145. The fourth-order valence-electron chi connectivity index (χ4n) is 5.13. The van der Waals surface area contributed by atoms with Crippen LogP contribution >= 0.6 is 11.6 Å². The highest BCUT2D eigenvalue weighted by atomic mass is 35.5. The van der Waals surface area contributed by atoms with Crippen LogP contribution < -0.4 is 15.8 Å². The van der Waals surface area contributed by atoms with Crippen LogP contribution in [0.4, 0.5) is 24.8 Å². The number of rotatable bonds is 9. The zero-order chi connectivity index (χ0) is 33.2. The second kappa shape index (κ2) is 13.5. The van der Waals surface area contributed by atoms with E-state index in [-0.39, 0.29) is 72.8 Å². The second-order valence-electron chi connectivity index (χ2n) is 10.5. The van der Waals surface area contributed by atoms with Crippen LogP contribution in [0.25, 0.3) is 16.8 Å². The number of hydrogen-bond acceptors (Lipinski definition) is 9. The van der Waals surface area contributed by atoms with E-state index in [9.17, 15) is 22.8 Å². The van der Waals surface area contributed by atoms with Gasteiger partial charge in [-0.2, -0.15) is 13.2 Å². The zero-order valence-electron chi connectivity index (χ0n) is 25.1. The van der Waals surface area contributed by atoms with E-state index < -0.39 is 23.8 Å². The molecule has 12 nitrogen and oxygen atoms in total. The first-order valence-electron chi connectivity index (χ1n) is 14.3. The quantitative estimate of drug-likeness (QED) is 0.252. The van der Waals surface area contributed by atoms with Crippen LogP contribution in [0.1, 0.15) is 48.1 Å². The van der Waals surface area contributed by atoms with E-state index in [2.05, 4.69) is 15.3 Å². The smallest absolute Gasteiger partial charge is 0.416 e. The Morgan fingerprint density at radius 3 is 2.72 bits per heavy atom. The molecule has 4 heterocycles. The Morgan fingerprint density at radius 1 is 1.22 bits per heavy atom. The number of carbonyl (C=O) groups is 2. The average Bonchev–Trinajstić information content (AvgIpc) is 3.43. The predicted molar refractivity (Wildman–Crippen MR) is 163 cm³/mol.